The number of benzene rings is 4. The topological polar surface area (TPSA) is 35.5 Å². The third kappa shape index (κ3) is 6.61. The summed E-state index contributed by atoms with van der Waals surface area (Å²) in [4.78, 5) is 12.9. The number of carbonyl (C=O) groups excluding carboxylic acids is 1. The van der Waals surface area contributed by atoms with Crippen molar-refractivity contribution in [2.45, 2.75) is 63.9 Å². The molecule has 1 unspecified atom stereocenters. The lowest BCUT2D eigenvalue weighted by Crippen LogP contribution is -2.54. The molecular formula is C35H32F6O3. The molecule has 0 radical (unpaired) electrons. The predicted molar refractivity (Wildman–Crippen MR) is 157 cm³/mol. The summed E-state index contributed by atoms with van der Waals surface area (Å²) in [5, 5.41) is 0. The van der Waals surface area contributed by atoms with Crippen LogP contribution < -0.4 is 9.47 Å². The molecule has 0 aliphatic carbocycles. The molecule has 3 nitrogen and oxygen atoms in total. The molecule has 0 aromatic heterocycles. The fourth-order valence-corrected chi connectivity index (χ4v) is 4.85. The van der Waals surface area contributed by atoms with E-state index in [0.717, 1.165) is 54.1 Å². The second-order valence-electron chi connectivity index (χ2n) is 10.9. The fraction of sp³-hybridized carbons (Fsp3) is 0.286. The van der Waals surface area contributed by atoms with Gasteiger partial charge in [-0.1, -0.05) is 69.3 Å². The molecule has 44 heavy (non-hydrogen) atoms. The van der Waals surface area contributed by atoms with E-state index in [-0.39, 0.29) is 29.1 Å². The number of halogens is 6. The fourth-order valence-electron chi connectivity index (χ4n) is 4.85. The highest BCUT2D eigenvalue weighted by molar-refractivity contribution is 6.09. The summed E-state index contributed by atoms with van der Waals surface area (Å²) in [5.74, 6) is 0.559. The number of carbonyl (C=O) groups is 1. The van der Waals surface area contributed by atoms with Gasteiger partial charge < -0.3 is 9.47 Å². The standard InChI is InChI=1S/C35H32F6O3/c1-5-23(4)43-29-18-12-27(13-19-29)33(34(36,37)38,35(39,40)41)28-14-20-31(21-15-28)44-30-16-10-26(11-17-30)32(42)25-8-6-24(7-9-25)22(2)3/h6-23H,5H2,1-4H3. The van der Waals surface area contributed by atoms with Crippen LogP contribution in [0, 0.1) is 0 Å². The van der Waals surface area contributed by atoms with Crippen LogP contribution in [0.2, 0.25) is 0 Å². The van der Waals surface area contributed by atoms with Crippen LogP contribution in [0.15, 0.2) is 97.1 Å². The van der Waals surface area contributed by atoms with Crippen molar-refractivity contribution >= 4 is 5.78 Å². The Balaban J connectivity index is 1.59. The first kappa shape index (κ1) is 32.6. The lowest BCUT2D eigenvalue weighted by molar-refractivity contribution is -0.288. The van der Waals surface area contributed by atoms with Crippen molar-refractivity contribution in [3.8, 4) is 17.2 Å². The normalized spacial score (nSPS) is 13.1. The average Bonchev–Trinajstić information content (AvgIpc) is 2.98. The lowest BCUT2D eigenvalue weighted by Gasteiger charge is -2.38. The summed E-state index contributed by atoms with van der Waals surface area (Å²) < 4.78 is 98.4. The van der Waals surface area contributed by atoms with Gasteiger partial charge in [0.1, 0.15) is 17.2 Å². The van der Waals surface area contributed by atoms with Crippen LogP contribution in [-0.4, -0.2) is 24.2 Å². The minimum absolute atomic E-state index is 0.0210. The number of ketones is 1. The maximum absolute atomic E-state index is 14.5. The van der Waals surface area contributed by atoms with Crippen molar-refractivity contribution in [2.75, 3.05) is 0 Å². The molecule has 4 aromatic carbocycles. The molecule has 1 atom stereocenters. The van der Waals surface area contributed by atoms with Gasteiger partial charge in [-0.3, -0.25) is 4.79 Å². The Hall–Kier alpha value is -4.27. The molecule has 0 bridgehead atoms. The monoisotopic (exact) mass is 614 g/mol. The van der Waals surface area contributed by atoms with Gasteiger partial charge in [0.2, 0.25) is 5.41 Å². The van der Waals surface area contributed by atoms with Crippen molar-refractivity contribution in [1.82, 2.24) is 0 Å². The van der Waals surface area contributed by atoms with Crippen LogP contribution in [0.4, 0.5) is 26.3 Å². The highest BCUT2D eigenvalue weighted by Crippen LogP contribution is 2.56. The average molecular weight is 615 g/mol. The Morgan fingerprint density at radius 3 is 1.39 bits per heavy atom. The highest BCUT2D eigenvalue weighted by Gasteiger charge is 2.72. The van der Waals surface area contributed by atoms with Gasteiger partial charge in [-0.2, -0.15) is 26.3 Å². The Labute approximate surface area is 252 Å². The van der Waals surface area contributed by atoms with Crippen LogP contribution >= 0.6 is 0 Å². The predicted octanol–water partition coefficient (Wildman–Crippen LogP) is 10.4. The third-order valence-corrected chi connectivity index (χ3v) is 7.53. The highest BCUT2D eigenvalue weighted by atomic mass is 19.4. The molecule has 0 aliphatic rings. The zero-order valence-corrected chi connectivity index (χ0v) is 24.6. The summed E-state index contributed by atoms with van der Waals surface area (Å²) in [6, 6.07) is 20.8. The second kappa shape index (κ2) is 12.8. The Kier molecular flexibility index (Phi) is 9.47. The quantitative estimate of drug-likeness (QED) is 0.132. The molecule has 0 saturated carbocycles. The van der Waals surface area contributed by atoms with Crippen molar-refractivity contribution in [3.05, 3.63) is 125 Å². The molecule has 0 saturated heterocycles. The van der Waals surface area contributed by atoms with Crippen LogP contribution in [0.3, 0.4) is 0 Å². The number of ether oxygens (including phenoxy) is 2. The Bertz CT molecular complexity index is 1520. The van der Waals surface area contributed by atoms with E-state index >= 15 is 0 Å². The molecule has 0 N–H and O–H groups in total. The summed E-state index contributed by atoms with van der Waals surface area (Å²) in [5.41, 5.74) is -4.28. The largest absolute Gasteiger partial charge is 0.491 e. The van der Waals surface area contributed by atoms with Gasteiger partial charge in [-0.15, -0.1) is 0 Å². The minimum Gasteiger partial charge on any atom is -0.491 e. The van der Waals surface area contributed by atoms with E-state index in [0.29, 0.717) is 23.5 Å². The van der Waals surface area contributed by atoms with E-state index in [4.69, 9.17) is 9.47 Å². The molecule has 9 heteroatoms. The first-order valence-electron chi connectivity index (χ1n) is 14.1. The zero-order valence-electron chi connectivity index (χ0n) is 24.6. The van der Waals surface area contributed by atoms with E-state index in [1.54, 1.807) is 19.1 Å². The molecule has 4 rings (SSSR count). The third-order valence-electron chi connectivity index (χ3n) is 7.53. The van der Waals surface area contributed by atoms with Crippen molar-refractivity contribution in [2.24, 2.45) is 0 Å². The molecule has 232 valence electrons. The van der Waals surface area contributed by atoms with Gasteiger partial charge in [-0.25, -0.2) is 0 Å². The van der Waals surface area contributed by atoms with Crippen LogP contribution in [0.1, 0.15) is 72.6 Å². The zero-order chi connectivity index (χ0) is 32.3. The van der Waals surface area contributed by atoms with Crippen molar-refractivity contribution in [1.29, 1.82) is 0 Å². The molecule has 4 aromatic rings. The molecular weight excluding hydrogens is 582 g/mol. The van der Waals surface area contributed by atoms with E-state index in [9.17, 15) is 31.1 Å². The Morgan fingerprint density at radius 2 is 1.00 bits per heavy atom. The van der Waals surface area contributed by atoms with Gasteiger partial charge in [0.15, 0.2) is 5.78 Å². The van der Waals surface area contributed by atoms with Crippen molar-refractivity contribution in [3.63, 3.8) is 0 Å². The first-order chi connectivity index (χ1) is 20.7. The van der Waals surface area contributed by atoms with Crippen LogP contribution in [-0.2, 0) is 5.41 Å². The van der Waals surface area contributed by atoms with E-state index < -0.39 is 28.9 Å². The van der Waals surface area contributed by atoms with Gasteiger partial charge >= 0.3 is 12.4 Å². The number of hydrogen-bond donors (Lipinski definition) is 0. The molecule has 0 fully saturated rings. The van der Waals surface area contributed by atoms with Gasteiger partial charge in [0, 0.05) is 11.1 Å². The number of hydrogen-bond acceptors (Lipinski definition) is 3. The Morgan fingerprint density at radius 1 is 0.614 bits per heavy atom. The molecule has 0 amide bonds. The summed E-state index contributed by atoms with van der Waals surface area (Å²) in [6.45, 7) is 7.69. The van der Waals surface area contributed by atoms with Crippen molar-refractivity contribution < 1.29 is 40.6 Å². The first-order valence-corrected chi connectivity index (χ1v) is 14.1. The SMILES string of the molecule is CCC(C)Oc1ccc(C(c2ccc(Oc3ccc(C(=O)c4ccc(C(C)C)cc4)cc3)cc2)(C(F)(F)F)C(F)(F)F)cc1. The summed E-state index contributed by atoms with van der Waals surface area (Å²) in [7, 11) is 0. The lowest BCUT2D eigenvalue weighted by atomic mass is 9.73. The van der Waals surface area contributed by atoms with Gasteiger partial charge in [0.05, 0.1) is 6.10 Å². The number of alkyl halides is 6. The van der Waals surface area contributed by atoms with Gasteiger partial charge in [0.25, 0.3) is 0 Å². The van der Waals surface area contributed by atoms with Crippen LogP contribution in [0.25, 0.3) is 0 Å². The van der Waals surface area contributed by atoms with E-state index in [1.807, 2.05) is 19.1 Å². The maximum atomic E-state index is 14.5. The number of rotatable bonds is 10. The second-order valence-corrected chi connectivity index (χ2v) is 10.9. The van der Waals surface area contributed by atoms with Crippen LogP contribution in [0.5, 0.6) is 17.2 Å². The maximum Gasteiger partial charge on any atom is 0.411 e. The van der Waals surface area contributed by atoms with Gasteiger partial charge in [-0.05, 0) is 84.5 Å². The molecule has 0 spiro atoms. The van der Waals surface area contributed by atoms with E-state index in [1.165, 1.54) is 24.3 Å². The smallest absolute Gasteiger partial charge is 0.411 e. The summed E-state index contributed by atoms with van der Waals surface area (Å²) >= 11 is 0. The summed E-state index contributed by atoms with van der Waals surface area (Å²) in [6.07, 6.45) is -11.1. The minimum atomic E-state index is -5.72. The van der Waals surface area contributed by atoms with E-state index in [2.05, 4.69) is 13.8 Å². The molecule has 0 heterocycles. The molecule has 0 aliphatic heterocycles.